The lowest BCUT2D eigenvalue weighted by molar-refractivity contribution is -0.122. The Bertz CT molecular complexity index is 928. The van der Waals surface area contributed by atoms with Crippen molar-refractivity contribution in [3.05, 3.63) is 71.5 Å². The number of hydrogen-bond donors (Lipinski definition) is 3. The van der Waals surface area contributed by atoms with Gasteiger partial charge in [-0.2, -0.15) is 0 Å². The predicted octanol–water partition coefficient (Wildman–Crippen LogP) is 2.64. The van der Waals surface area contributed by atoms with Gasteiger partial charge in [-0.1, -0.05) is 30.3 Å². The van der Waals surface area contributed by atoms with Crippen molar-refractivity contribution in [2.75, 3.05) is 26.2 Å². The molecule has 0 aliphatic carbocycles. The molecule has 0 bridgehead atoms. The molecule has 2 aromatic heterocycles. The van der Waals surface area contributed by atoms with Crippen LogP contribution in [0.15, 0.2) is 60.2 Å². The molecule has 3 N–H and O–H groups in total. The molecule has 1 aliphatic rings. The van der Waals surface area contributed by atoms with Crippen molar-refractivity contribution in [3.63, 3.8) is 0 Å². The van der Waals surface area contributed by atoms with E-state index in [1.54, 1.807) is 23.7 Å². The molecule has 1 unspecified atom stereocenters. The molecule has 0 spiro atoms. The van der Waals surface area contributed by atoms with Gasteiger partial charge in [0.1, 0.15) is 5.01 Å². The van der Waals surface area contributed by atoms with Crippen LogP contribution in [0.5, 0.6) is 0 Å². The Morgan fingerprint density at radius 3 is 2.39 bits per heavy atom. The van der Waals surface area contributed by atoms with E-state index >= 15 is 0 Å². The first-order valence-corrected chi connectivity index (χ1v) is 11.0. The summed E-state index contributed by atoms with van der Waals surface area (Å²) in [7, 11) is 0. The van der Waals surface area contributed by atoms with E-state index in [0.717, 1.165) is 42.2 Å². The van der Waals surface area contributed by atoms with Gasteiger partial charge in [0.05, 0.1) is 18.4 Å². The van der Waals surface area contributed by atoms with Crippen LogP contribution >= 0.6 is 11.3 Å². The third kappa shape index (κ3) is 5.54. The van der Waals surface area contributed by atoms with Crippen LogP contribution in [0.3, 0.4) is 0 Å². The fraction of sp³-hybridized carbons (Fsp3) is 0.348. The maximum atomic E-state index is 9.80. The Kier molecular flexibility index (Phi) is 8.25. The number of rotatable bonds is 6. The molecular formula is C23H27N3O4S. The SMILES string of the molecule is O=CO.OCC(O)CN1CCC(c2ccccc2)(c2csc(-c3ccncc3)n2)CC1. The van der Waals surface area contributed by atoms with Gasteiger partial charge in [0.2, 0.25) is 0 Å². The zero-order valence-corrected chi connectivity index (χ0v) is 18.0. The Morgan fingerprint density at radius 1 is 1.13 bits per heavy atom. The zero-order chi connectivity index (χ0) is 22.1. The molecule has 0 amide bonds. The average Bonchev–Trinajstić information content (AvgIpc) is 3.32. The molecule has 8 heteroatoms. The van der Waals surface area contributed by atoms with Crippen molar-refractivity contribution in [3.8, 4) is 10.6 Å². The molecule has 164 valence electrons. The number of pyridine rings is 1. The summed E-state index contributed by atoms with van der Waals surface area (Å²) < 4.78 is 0. The van der Waals surface area contributed by atoms with Crippen LogP contribution < -0.4 is 0 Å². The fourth-order valence-electron chi connectivity index (χ4n) is 4.04. The smallest absolute Gasteiger partial charge is 0.290 e. The largest absolute Gasteiger partial charge is 0.483 e. The standard InChI is InChI=1S/C22H25N3O2S.CH2O2/c26-15-19(27)14-25-12-8-22(9-13-25,18-4-2-1-3-5-18)20-16-28-21(24-20)17-6-10-23-11-7-17;2-1-3/h1-7,10-11,16,19,26-27H,8-9,12-15H2;1H,(H,2,3). The number of aliphatic hydroxyl groups is 2. The Balaban J connectivity index is 0.000000858. The zero-order valence-electron chi connectivity index (χ0n) is 17.2. The fourth-order valence-corrected chi connectivity index (χ4v) is 4.97. The number of β-amino-alcohol motifs (C(OH)–C–C–N with tert-alkyl or cyclic N) is 1. The number of hydrogen-bond acceptors (Lipinski definition) is 7. The van der Waals surface area contributed by atoms with Gasteiger partial charge in [-0.05, 0) is 43.6 Å². The Labute approximate surface area is 185 Å². The van der Waals surface area contributed by atoms with Gasteiger partial charge in [-0.15, -0.1) is 11.3 Å². The van der Waals surface area contributed by atoms with Crippen LogP contribution in [0, 0.1) is 0 Å². The number of thiazole rings is 1. The predicted molar refractivity (Wildman–Crippen MR) is 120 cm³/mol. The molecular weight excluding hydrogens is 414 g/mol. The van der Waals surface area contributed by atoms with E-state index in [1.807, 2.05) is 18.2 Å². The molecule has 4 rings (SSSR count). The molecule has 0 saturated carbocycles. The van der Waals surface area contributed by atoms with Gasteiger partial charge in [0.25, 0.3) is 6.47 Å². The van der Waals surface area contributed by atoms with Crippen LogP contribution in [0.2, 0.25) is 0 Å². The third-order valence-electron chi connectivity index (χ3n) is 5.64. The lowest BCUT2D eigenvalue weighted by Crippen LogP contribution is -2.46. The van der Waals surface area contributed by atoms with Gasteiger partial charge in [0, 0.05) is 35.3 Å². The van der Waals surface area contributed by atoms with Crippen molar-refractivity contribution in [2.45, 2.75) is 24.4 Å². The van der Waals surface area contributed by atoms with E-state index in [1.165, 1.54) is 5.56 Å². The van der Waals surface area contributed by atoms with Crippen molar-refractivity contribution in [1.29, 1.82) is 0 Å². The number of nitrogens with zero attached hydrogens (tertiary/aromatic N) is 3. The number of benzene rings is 1. The summed E-state index contributed by atoms with van der Waals surface area (Å²) in [5, 5.41) is 29.0. The molecule has 1 aromatic carbocycles. The monoisotopic (exact) mass is 441 g/mol. The highest BCUT2D eigenvalue weighted by molar-refractivity contribution is 7.13. The molecule has 0 radical (unpaired) electrons. The minimum absolute atomic E-state index is 0.121. The van der Waals surface area contributed by atoms with Gasteiger partial charge in [-0.25, -0.2) is 4.98 Å². The van der Waals surface area contributed by atoms with Gasteiger partial charge in [-0.3, -0.25) is 9.78 Å². The topological polar surface area (TPSA) is 107 Å². The number of aliphatic hydroxyl groups excluding tert-OH is 2. The molecule has 3 aromatic rings. The third-order valence-corrected chi connectivity index (χ3v) is 6.53. The van der Waals surface area contributed by atoms with Gasteiger partial charge < -0.3 is 20.2 Å². The van der Waals surface area contributed by atoms with Crippen molar-refractivity contribution < 1.29 is 20.1 Å². The van der Waals surface area contributed by atoms with Crippen LogP contribution in [-0.2, 0) is 10.2 Å². The number of piperidine rings is 1. The normalized spacial score (nSPS) is 16.7. The second kappa shape index (κ2) is 11.1. The van der Waals surface area contributed by atoms with Gasteiger partial charge >= 0.3 is 0 Å². The molecule has 1 atom stereocenters. The van der Waals surface area contributed by atoms with Gasteiger partial charge in [0.15, 0.2) is 0 Å². The highest BCUT2D eigenvalue weighted by Gasteiger charge is 2.40. The molecule has 1 fully saturated rings. The van der Waals surface area contributed by atoms with E-state index in [4.69, 9.17) is 20.0 Å². The van der Waals surface area contributed by atoms with Crippen molar-refractivity contribution in [2.24, 2.45) is 0 Å². The molecule has 31 heavy (non-hydrogen) atoms. The maximum Gasteiger partial charge on any atom is 0.290 e. The quantitative estimate of drug-likeness (QED) is 0.505. The average molecular weight is 442 g/mol. The van der Waals surface area contributed by atoms with E-state index < -0.39 is 6.10 Å². The summed E-state index contributed by atoms with van der Waals surface area (Å²) in [4.78, 5) is 19.7. The van der Waals surface area contributed by atoms with E-state index in [2.05, 4.69) is 39.5 Å². The summed E-state index contributed by atoms with van der Waals surface area (Å²) in [6, 6.07) is 14.6. The van der Waals surface area contributed by atoms with E-state index in [0.29, 0.717) is 6.54 Å². The highest BCUT2D eigenvalue weighted by Crippen LogP contribution is 2.43. The second-order valence-electron chi connectivity index (χ2n) is 7.46. The minimum atomic E-state index is -0.679. The molecule has 3 heterocycles. The maximum absolute atomic E-state index is 9.80. The Morgan fingerprint density at radius 2 is 1.77 bits per heavy atom. The summed E-state index contributed by atoms with van der Waals surface area (Å²) >= 11 is 1.68. The van der Waals surface area contributed by atoms with Crippen LogP contribution in [0.25, 0.3) is 10.6 Å². The van der Waals surface area contributed by atoms with Crippen molar-refractivity contribution >= 4 is 17.8 Å². The van der Waals surface area contributed by atoms with Crippen molar-refractivity contribution in [1.82, 2.24) is 14.9 Å². The van der Waals surface area contributed by atoms with Crippen LogP contribution in [-0.4, -0.2) is 69.0 Å². The number of carbonyl (C=O) groups is 1. The first-order valence-electron chi connectivity index (χ1n) is 10.1. The second-order valence-corrected chi connectivity index (χ2v) is 8.32. The summed E-state index contributed by atoms with van der Waals surface area (Å²) in [6.45, 7) is 1.81. The minimum Gasteiger partial charge on any atom is -0.483 e. The van der Waals surface area contributed by atoms with E-state index in [9.17, 15) is 5.11 Å². The summed E-state index contributed by atoms with van der Waals surface area (Å²) in [5.41, 5.74) is 3.39. The number of aromatic nitrogens is 2. The summed E-state index contributed by atoms with van der Waals surface area (Å²) in [6.07, 6.45) is 4.80. The molecule has 7 nitrogen and oxygen atoms in total. The first kappa shape index (κ1) is 23.0. The highest BCUT2D eigenvalue weighted by atomic mass is 32.1. The summed E-state index contributed by atoms with van der Waals surface area (Å²) in [5.74, 6) is 0. The lowest BCUT2D eigenvalue weighted by Gasteiger charge is -2.42. The van der Waals surface area contributed by atoms with Crippen LogP contribution in [0.1, 0.15) is 24.1 Å². The lowest BCUT2D eigenvalue weighted by atomic mass is 9.70. The number of carboxylic acid groups (broad SMARTS) is 1. The molecule has 1 aliphatic heterocycles. The molecule has 1 saturated heterocycles. The number of likely N-dealkylation sites (tertiary alicyclic amines) is 1. The van der Waals surface area contributed by atoms with E-state index in [-0.39, 0.29) is 18.5 Å². The Hall–Kier alpha value is -2.65. The van der Waals surface area contributed by atoms with Crippen LogP contribution in [0.4, 0.5) is 0 Å². The first-order chi connectivity index (χ1) is 15.1.